The van der Waals surface area contributed by atoms with Gasteiger partial charge in [0.25, 0.3) is 5.56 Å². The van der Waals surface area contributed by atoms with E-state index in [1.807, 2.05) is 24.3 Å². The van der Waals surface area contributed by atoms with Gasteiger partial charge in [0, 0.05) is 0 Å². The van der Waals surface area contributed by atoms with Gasteiger partial charge in [-0.15, -0.1) is 0 Å². The molecule has 0 aliphatic heterocycles. The van der Waals surface area contributed by atoms with E-state index in [-0.39, 0.29) is 21.8 Å². The van der Waals surface area contributed by atoms with E-state index < -0.39 is 0 Å². The zero-order valence-electron chi connectivity index (χ0n) is 9.31. The van der Waals surface area contributed by atoms with Gasteiger partial charge < -0.3 is 5.11 Å². The molecule has 1 aromatic heterocycles. The summed E-state index contributed by atoms with van der Waals surface area (Å²) in [6.07, 6.45) is 1.41. The van der Waals surface area contributed by atoms with Crippen molar-refractivity contribution in [3.05, 3.63) is 61.7 Å². The van der Waals surface area contributed by atoms with E-state index >= 15 is 0 Å². The van der Waals surface area contributed by atoms with Crippen molar-refractivity contribution in [1.29, 1.82) is 0 Å². The summed E-state index contributed by atoms with van der Waals surface area (Å²) in [5.74, 6) is 0. The highest BCUT2D eigenvalue weighted by atomic mass is 79.9. The molecule has 6 heteroatoms. The lowest BCUT2D eigenvalue weighted by molar-refractivity contribution is 0.282. The SMILES string of the molecule is O=c1c(Br)c(Cl)ncn1Cc1ccc(CO)cc1. The average Bonchev–Trinajstić information content (AvgIpc) is 2.40. The van der Waals surface area contributed by atoms with Crippen molar-refractivity contribution < 1.29 is 5.11 Å². The minimum absolute atomic E-state index is 0.00821. The Morgan fingerprint density at radius 3 is 2.50 bits per heavy atom. The average molecular weight is 330 g/mol. The van der Waals surface area contributed by atoms with Crippen molar-refractivity contribution in [2.24, 2.45) is 0 Å². The Labute approximate surface area is 117 Å². The third kappa shape index (κ3) is 2.80. The maximum atomic E-state index is 11.9. The van der Waals surface area contributed by atoms with Crippen molar-refractivity contribution in [3.63, 3.8) is 0 Å². The van der Waals surface area contributed by atoms with Gasteiger partial charge in [-0.05, 0) is 27.1 Å². The van der Waals surface area contributed by atoms with Crippen LogP contribution in [0.15, 0.2) is 39.9 Å². The first-order chi connectivity index (χ1) is 8.61. The van der Waals surface area contributed by atoms with E-state index in [9.17, 15) is 4.79 Å². The summed E-state index contributed by atoms with van der Waals surface area (Å²) in [6.45, 7) is 0.418. The number of aliphatic hydroxyl groups is 1. The summed E-state index contributed by atoms with van der Waals surface area (Å²) in [5.41, 5.74) is 1.56. The molecule has 0 spiro atoms. The molecule has 0 bridgehead atoms. The molecule has 4 nitrogen and oxygen atoms in total. The predicted octanol–water partition coefficient (Wildman–Crippen LogP) is 2.20. The summed E-state index contributed by atoms with van der Waals surface area (Å²) < 4.78 is 1.72. The van der Waals surface area contributed by atoms with Gasteiger partial charge in [0.05, 0.1) is 19.5 Å². The summed E-state index contributed by atoms with van der Waals surface area (Å²) in [6, 6.07) is 7.36. The molecule has 94 valence electrons. The molecule has 2 rings (SSSR count). The Kier molecular flexibility index (Phi) is 4.16. The standard InChI is InChI=1S/C12H10BrClN2O2/c13-10-11(14)15-7-16(12(10)18)5-8-1-3-9(6-17)4-2-8/h1-4,7,17H,5-6H2. The molecular formula is C12H10BrClN2O2. The number of hydrogen-bond donors (Lipinski definition) is 1. The molecule has 18 heavy (non-hydrogen) atoms. The van der Waals surface area contributed by atoms with Crippen LogP contribution in [0.25, 0.3) is 0 Å². The van der Waals surface area contributed by atoms with E-state index in [0.29, 0.717) is 6.54 Å². The molecule has 0 unspecified atom stereocenters. The van der Waals surface area contributed by atoms with E-state index in [2.05, 4.69) is 20.9 Å². The minimum Gasteiger partial charge on any atom is -0.392 e. The topological polar surface area (TPSA) is 55.1 Å². The molecule has 0 radical (unpaired) electrons. The van der Waals surface area contributed by atoms with Crippen molar-refractivity contribution >= 4 is 27.5 Å². The molecular weight excluding hydrogens is 320 g/mol. The molecule has 1 aromatic carbocycles. The van der Waals surface area contributed by atoms with Crippen LogP contribution in [0.3, 0.4) is 0 Å². The van der Waals surface area contributed by atoms with E-state index in [4.69, 9.17) is 16.7 Å². The summed E-state index contributed by atoms with van der Waals surface area (Å²) >= 11 is 8.83. The highest BCUT2D eigenvalue weighted by molar-refractivity contribution is 9.10. The number of halogens is 2. The zero-order valence-corrected chi connectivity index (χ0v) is 11.6. The maximum absolute atomic E-state index is 11.9. The number of nitrogens with zero attached hydrogens (tertiary/aromatic N) is 2. The lowest BCUT2D eigenvalue weighted by Gasteiger charge is -2.07. The van der Waals surface area contributed by atoms with Crippen molar-refractivity contribution in [3.8, 4) is 0 Å². The second-order valence-electron chi connectivity index (χ2n) is 3.76. The normalized spacial score (nSPS) is 10.6. The number of aromatic nitrogens is 2. The van der Waals surface area contributed by atoms with Crippen LogP contribution in [0.4, 0.5) is 0 Å². The van der Waals surface area contributed by atoms with Crippen LogP contribution < -0.4 is 5.56 Å². The zero-order chi connectivity index (χ0) is 13.1. The number of benzene rings is 1. The second kappa shape index (κ2) is 5.65. The summed E-state index contributed by atoms with van der Waals surface area (Å²) in [7, 11) is 0. The fourth-order valence-electron chi connectivity index (χ4n) is 1.50. The molecule has 2 aromatic rings. The Balaban J connectivity index is 2.28. The number of rotatable bonds is 3. The van der Waals surface area contributed by atoms with Gasteiger partial charge in [-0.3, -0.25) is 9.36 Å². The van der Waals surface area contributed by atoms with Gasteiger partial charge in [-0.1, -0.05) is 35.9 Å². The van der Waals surface area contributed by atoms with E-state index in [1.165, 1.54) is 10.9 Å². The van der Waals surface area contributed by atoms with Crippen LogP contribution >= 0.6 is 27.5 Å². The van der Waals surface area contributed by atoms with Gasteiger partial charge in [0.1, 0.15) is 4.47 Å². The molecule has 0 atom stereocenters. The van der Waals surface area contributed by atoms with Crippen LogP contribution in [0.5, 0.6) is 0 Å². The van der Waals surface area contributed by atoms with Gasteiger partial charge in [-0.25, -0.2) is 4.98 Å². The van der Waals surface area contributed by atoms with E-state index in [1.54, 1.807) is 0 Å². The Morgan fingerprint density at radius 2 is 1.89 bits per heavy atom. The van der Waals surface area contributed by atoms with Crippen molar-refractivity contribution in [2.45, 2.75) is 13.2 Å². The van der Waals surface area contributed by atoms with Crippen LogP contribution in [0.1, 0.15) is 11.1 Å². The number of aliphatic hydroxyl groups excluding tert-OH is 1. The highest BCUT2D eigenvalue weighted by Crippen LogP contribution is 2.14. The van der Waals surface area contributed by atoms with Crippen LogP contribution in [-0.4, -0.2) is 14.7 Å². The fourth-order valence-corrected chi connectivity index (χ4v) is 1.96. The minimum atomic E-state index is -0.221. The van der Waals surface area contributed by atoms with Crippen LogP contribution in [-0.2, 0) is 13.2 Å². The lowest BCUT2D eigenvalue weighted by Crippen LogP contribution is -2.21. The fraction of sp³-hybridized carbons (Fsp3) is 0.167. The first-order valence-electron chi connectivity index (χ1n) is 5.21. The smallest absolute Gasteiger partial charge is 0.269 e. The first-order valence-corrected chi connectivity index (χ1v) is 6.38. The third-order valence-corrected chi connectivity index (χ3v) is 3.73. The molecule has 0 aliphatic carbocycles. The molecule has 1 N–H and O–H groups in total. The van der Waals surface area contributed by atoms with E-state index in [0.717, 1.165) is 11.1 Å². The first kappa shape index (κ1) is 13.3. The summed E-state index contributed by atoms with van der Waals surface area (Å²) in [5, 5.41) is 9.10. The van der Waals surface area contributed by atoms with Crippen molar-refractivity contribution in [2.75, 3.05) is 0 Å². The number of hydrogen-bond acceptors (Lipinski definition) is 3. The van der Waals surface area contributed by atoms with Gasteiger partial charge in [-0.2, -0.15) is 0 Å². The Bertz CT molecular complexity index is 610. The largest absolute Gasteiger partial charge is 0.392 e. The molecule has 0 fully saturated rings. The molecule has 0 amide bonds. The van der Waals surface area contributed by atoms with Gasteiger partial charge in [0.15, 0.2) is 5.15 Å². The highest BCUT2D eigenvalue weighted by Gasteiger charge is 2.07. The maximum Gasteiger partial charge on any atom is 0.269 e. The monoisotopic (exact) mass is 328 g/mol. The Morgan fingerprint density at radius 1 is 1.28 bits per heavy atom. The predicted molar refractivity (Wildman–Crippen MR) is 72.7 cm³/mol. The second-order valence-corrected chi connectivity index (χ2v) is 4.91. The quantitative estimate of drug-likeness (QED) is 0.878. The third-order valence-electron chi connectivity index (χ3n) is 2.50. The Hall–Kier alpha value is -1.17. The van der Waals surface area contributed by atoms with Crippen molar-refractivity contribution in [1.82, 2.24) is 9.55 Å². The lowest BCUT2D eigenvalue weighted by atomic mass is 10.1. The van der Waals surface area contributed by atoms with Crippen LogP contribution in [0, 0.1) is 0 Å². The van der Waals surface area contributed by atoms with Crippen LogP contribution in [0.2, 0.25) is 5.15 Å². The van der Waals surface area contributed by atoms with Gasteiger partial charge >= 0.3 is 0 Å². The molecule has 1 heterocycles. The molecule has 0 aliphatic rings. The summed E-state index contributed by atoms with van der Waals surface area (Å²) in [4.78, 5) is 15.8. The molecule has 0 saturated heterocycles. The van der Waals surface area contributed by atoms with Gasteiger partial charge in [0.2, 0.25) is 0 Å². The molecule has 0 saturated carbocycles.